The van der Waals surface area contributed by atoms with Crippen LogP contribution < -0.4 is 10.2 Å². The smallest absolute Gasteiger partial charge is 0.251 e. The minimum Gasteiger partial charge on any atom is -0.353 e. The number of piperidine rings is 1. The van der Waals surface area contributed by atoms with E-state index in [1.165, 1.54) is 0 Å². The predicted molar refractivity (Wildman–Crippen MR) is 90.6 cm³/mol. The molecule has 1 aliphatic rings. The summed E-state index contributed by atoms with van der Waals surface area (Å²) in [5.74, 6) is 0.613. The molecule has 0 radical (unpaired) electrons. The zero-order valence-electron chi connectivity index (χ0n) is 13.6. The molecule has 1 saturated heterocycles. The number of aromatic nitrogens is 2. The summed E-state index contributed by atoms with van der Waals surface area (Å²) in [6.45, 7) is 3.41. The van der Waals surface area contributed by atoms with E-state index in [9.17, 15) is 10.1 Å². The first-order chi connectivity index (χ1) is 11.7. The van der Waals surface area contributed by atoms with Crippen molar-refractivity contribution in [3.63, 3.8) is 0 Å². The van der Waals surface area contributed by atoms with Gasteiger partial charge in [0.2, 0.25) is 0 Å². The number of nitriles is 1. The van der Waals surface area contributed by atoms with Crippen molar-refractivity contribution < 1.29 is 4.79 Å². The fourth-order valence-electron chi connectivity index (χ4n) is 2.93. The van der Waals surface area contributed by atoms with Crippen molar-refractivity contribution in [3.8, 4) is 6.07 Å². The van der Waals surface area contributed by atoms with Gasteiger partial charge >= 0.3 is 0 Å². The molecule has 3 rings (SSSR count). The zero-order valence-corrected chi connectivity index (χ0v) is 13.6. The highest BCUT2D eigenvalue weighted by Gasteiger charge is 2.24. The third kappa shape index (κ3) is 3.51. The third-order valence-corrected chi connectivity index (χ3v) is 4.13. The number of carbonyl (C=O) groups excluding carboxylic acids is 1. The highest BCUT2D eigenvalue weighted by atomic mass is 16.1. The summed E-state index contributed by atoms with van der Waals surface area (Å²) < 4.78 is 0. The molecule has 1 amide bonds. The fraction of sp³-hybridized carbons (Fsp3) is 0.333. The van der Waals surface area contributed by atoms with Crippen molar-refractivity contribution in [3.05, 3.63) is 53.5 Å². The molecule has 24 heavy (non-hydrogen) atoms. The molecule has 1 atom stereocenters. The minimum absolute atomic E-state index is 0.0354. The van der Waals surface area contributed by atoms with E-state index in [2.05, 4.69) is 26.3 Å². The van der Waals surface area contributed by atoms with Crippen LogP contribution in [0, 0.1) is 18.3 Å². The number of nitrogens with one attached hydrogen (secondary N) is 1. The van der Waals surface area contributed by atoms with Crippen LogP contribution in [0.15, 0.2) is 36.7 Å². The molecule has 0 saturated carbocycles. The first-order valence-electron chi connectivity index (χ1n) is 8.01. The Kier molecular flexibility index (Phi) is 4.71. The number of carbonyl (C=O) groups is 1. The van der Waals surface area contributed by atoms with Gasteiger partial charge in [0, 0.05) is 42.8 Å². The predicted octanol–water partition coefficient (Wildman–Crippen LogP) is 2.06. The van der Waals surface area contributed by atoms with E-state index >= 15 is 0 Å². The molecule has 6 heteroatoms. The summed E-state index contributed by atoms with van der Waals surface area (Å²) >= 11 is 0. The maximum absolute atomic E-state index is 12.3. The van der Waals surface area contributed by atoms with Gasteiger partial charge in [-0.05, 0) is 44.0 Å². The number of nitrogens with zero attached hydrogens (tertiary/aromatic N) is 4. The van der Waals surface area contributed by atoms with Crippen LogP contribution in [0.4, 0.5) is 5.82 Å². The summed E-state index contributed by atoms with van der Waals surface area (Å²) in [4.78, 5) is 22.8. The molecule has 6 nitrogen and oxygen atoms in total. The molecule has 122 valence electrons. The zero-order chi connectivity index (χ0) is 16.9. The van der Waals surface area contributed by atoms with Gasteiger partial charge in [-0.3, -0.25) is 9.78 Å². The second-order valence-electron chi connectivity index (χ2n) is 5.93. The number of anilines is 1. The average Bonchev–Trinajstić information content (AvgIpc) is 2.62. The summed E-state index contributed by atoms with van der Waals surface area (Å²) in [5.41, 5.74) is 2.06. The molecule has 2 aromatic heterocycles. The number of hydrogen-bond acceptors (Lipinski definition) is 5. The number of pyridine rings is 2. The number of hydrogen-bond donors (Lipinski definition) is 1. The lowest BCUT2D eigenvalue weighted by molar-refractivity contribution is 0.0933. The average molecular weight is 321 g/mol. The molecule has 1 fully saturated rings. The van der Waals surface area contributed by atoms with Crippen molar-refractivity contribution >= 4 is 11.7 Å². The Morgan fingerprint density at radius 2 is 2.12 bits per heavy atom. The first kappa shape index (κ1) is 15.9. The van der Waals surface area contributed by atoms with Gasteiger partial charge in [-0.15, -0.1) is 0 Å². The van der Waals surface area contributed by atoms with Crippen LogP contribution in [0.25, 0.3) is 0 Å². The summed E-state index contributed by atoms with van der Waals surface area (Å²) in [7, 11) is 0. The molecule has 3 heterocycles. The van der Waals surface area contributed by atoms with Crippen molar-refractivity contribution in [1.29, 1.82) is 5.26 Å². The van der Waals surface area contributed by atoms with Crippen molar-refractivity contribution in [2.75, 3.05) is 18.0 Å². The van der Waals surface area contributed by atoms with Crippen LogP contribution in [0.1, 0.15) is 34.5 Å². The molecule has 0 spiro atoms. The third-order valence-electron chi connectivity index (χ3n) is 4.13. The lowest BCUT2D eigenvalue weighted by Crippen LogP contribution is -2.48. The molecule has 1 aliphatic heterocycles. The van der Waals surface area contributed by atoms with Gasteiger partial charge < -0.3 is 10.2 Å². The maximum atomic E-state index is 12.3. The first-order valence-corrected chi connectivity index (χ1v) is 8.01. The topological polar surface area (TPSA) is 81.9 Å². The Hall–Kier alpha value is -2.94. The Bertz CT molecular complexity index is 769. The van der Waals surface area contributed by atoms with Gasteiger partial charge in [0.25, 0.3) is 5.91 Å². The Balaban J connectivity index is 1.72. The van der Waals surface area contributed by atoms with Crippen LogP contribution in [0.3, 0.4) is 0 Å². The number of rotatable bonds is 3. The monoisotopic (exact) mass is 321 g/mol. The van der Waals surface area contributed by atoms with E-state index in [0.29, 0.717) is 23.5 Å². The van der Waals surface area contributed by atoms with E-state index in [4.69, 9.17) is 0 Å². The highest BCUT2D eigenvalue weighted by molar-refractivity contribution is 5.94. The van der Waals surface area contributed by atoms with E-state index in [-0.39, 0.29) is 11.9 Å². The Labute approximate surface area is 141 Å². The molecular weight excluding hydrogens is 302 g/mol. The number of amides is 1. The molecule has 1 unspecified atom stereocenters. The van der Waals surface area contributed by atoms with Crippen LogP contribution in [-0.2, 0) is 0 Å². The molecule has 0 aromatic carbocycles. The second kappa shape index (κ2) is 7.09. The van der Waals surface area contributed by atoms with Crippen LogP contribution in [0.2, 0.25) is 0 Å². The van der Waals surface area contributed by atoms with E-state index in [0.717, 1.165) is 25.1 Å². The summed E-state index contributed by atoms with van der Waals surface area (Å²) in [5, 5.41) is 12.4. The van der Waals surface area contributed by atoms with Crippen LogP contribution in [-0.4, -0.2) is 35.0 Å². The lowest BCUT2D eigenvalue weighted by Gasteiger charge is -2.34. The normalized spacial score (nSPS) is 17.2. The molecule has 0 bridgehead atoms. The Morgan fingerprint density at radius 3 is 2.88 bits per heavy atom. The van der Waals surface area contributed by atoms with Gasteiger partial charge in [-0.2, -0.15) is 5.26 Å². The van der Waals surface area contributed by atoms with E-state index in [1.807, 2.05) is 13.0 Å². The second-order valence-corrected chi connectivity index (χ2v) is 5.93. The van der Waals surface area contributed by atoms with Crippen LogP contribution >= 0.6 is 0 Å². The standard InChI is InChI=1S/C18H19N5O/c1-13-4-5-15(11-19)17(21-13)23-10-2-3-16(12-23)22-18(24)14-6-8-20-9-7-14/h4-9,16H,2-3,10,12H2,1H3,(H,22,24). The summed E-state index contributed by atoms with van der Waals surface area (Å²) in [6.07, 6.45) is 5.08. The van der Waals surface area contributed by atoms with Gasteiger partial charge in [0.1, 0.15) is 11.9 Å². The van der Waals surface area contributed by atoms with Crippen molar-refractivity contribution in [1.82, 2.24) is 15.3 Å². The quantitative estimate of drug-likeness (QED) is 0.935. The highest BCUT2D eigenvalue weighted by Crippen LogP contribution is 2.22. The molecule has 1 N–H and O–H groups in total. The van der Waals surface area contributed by atoms with Crippen LogP contribution in [0.5, 0.6) is 0 Å². The molecule has 0 aliphatic carbocycles. The molecular formula is C18H19N5O. The van der Waals surface area contributed by atoms with Gasteiger partial charge in [-0.25, -0.2) is 4.98 Å². The fourth-order valence-corrected chi connectivity index (χ4v) is 2.93. The van der Waals surface area contributed by atoms with Gasteiger partial charge in [0.15, 0.2) is 0 Å². The lowest BCUT2D eigenvalue weighted by atomic mass is 10.0. The van der Waals surface area contributed by atoms with Crippen molar-refractivity contribution in [2.24, 2.45) is 0 Å². The largest absolute Gasteiger partial charge is 0.353 e. The van der Waals surface area contributed by atoms with Gasteiger partial charge in [0.05, 0.1) is 5.56 Å². The molecule has 2 aromatic rings. The van der Waals surface area contributed by atoms with Gasteiger partial charge in [-0.1, -0.05) is 0 Å². The Morgan fingerprint density at radius 1 is 1.33 bits per heavy atom. The number of aryl methyl sites for hydroxylation is 1. The van der Waals surface area contributed by atoms with E-state index in [1.54, 1.807) is 30.6 Å². The van der Waals surface area contributed by atoms with Crippen molar-refractivity contribution in [2.45, 2.75) is 25.8 Å². The maximum Gasteiger partial charge on any atom is 0.251 e. The minimum atomic E-state index is -0.0954. The SMILES string of the molecule is Cc1ccc(C#N)c(N2CCCC(NC(=O)c3ccncc3)C2)n1. The summed E-state index contributed by atoms with van der Waals surface area (Å²) in [6, 6.07) is 9.28. The van der Waals surface area contributed by atoms with E-state index < -0.39 is 0 Å².